The molecule has 140 valence electrons. The molecule has 10 heteroatoms. The van der Waals surface area contributed by atoms with Gasteiger partial charge in [0.15, 0.2) is 0 Å². The molecule has 0 atom stereocenters. The number of hydrogen-bond donors (Lipinski definition) is 0. The molecule has 1 saturated heterocycles. The Bertz CT molecular complexity index is 714. The lowest BCUT2D eigenvalue weighted by molar-refractivity contribution is -0.138. The molecule has 1 amide bonds. The lowest BCUT2D eigenvalue weighted by Crippen LogP contribution is -2.51. The van der Waals surface area contributed by atoms with Gasteiger partial charge < -0.3 is 9.64 Å². The molecule has 6 nitrogen and oxygen atoms in total. The van der Waals surface area contributed by atoms with Crippen molar-refractivity contribution >= 4 is 15.9 Å². The van der Waals surface area contributed by atoms with Crippen molar-refractivity contribution in [1.82, 2.24) is 9.21 Å². The molecule has 0 spiro atoms. The quantitative estimate of drug-likeness (QED) is 0.778. The number of carbonyl (C=O) groups is 1. The standard InChI is InChI=1S/C15H19F3N2O4S/c1-2-24-11-14(21)19-6-8-20(9-7-19)25(22,23)13-5-3-4-12(10-13)15(16,17)18/h3-5,10H,2,6-9,11H2,1H3. The number of rotatable bonds is 5. The molecule has 1 aliphatic rings. The summed E-state index contributed by atoms with van der Waals surface area (Å²) < 4.78 is 69.5. The maximum atomic E-state index is 12.8. The van der Waals surface area contributed by atoms with Crippen molar-refractivity contribution < 1.29 is 31.1 Å². The molecule has 0 aromatic heterocycles. The summed E-state index contributed by atoms with van der Waals surface area (Å²) in [5, 5.41) is 0. The average molecular weight is 380 g/mol. The highest BCUT2D eigenvalue weighted by Crippen LogP contribution is 2.31. The Morgan fingerprint density at radius 2 is 1.84 bits per heavy atom. The molecular weight excluding hydrogens is 361 g/mol. The van der Waals surface area contributed by atoms with E-state index in [4.69, 9.17) is 4.74 Å². The van der Waals surface area contributed by atoms with Crippen molar-refractivity contribution in [3.8, 4) is 0 Å². The molecule has 0 aliphatic carbocycles. The summed E-state index contributed by atoms with van der Waals surface area (Å²) in [7, 11) is -4.05. The van der Waals surface area contributed by atoms with Gasteiger partial charge in [-0.05, 0) is 25.1 Å². The topological polar surface area (TPSA) is 66.9 Å². The third-order valence-electron chi connectivity index (χ3n) is 3.82. The van der Waals surface area contributed by atoms with Gasteiger partial charge in [-0.2, -0.15) is 17.5 Å². The van der Waals surface area contributed by atoms with Crippen LogP contribution in [-0.2, 0) is 25.7 Å². The van der Waals surface area contributed by atoms with Crippen LogP contribution in [0.25, 0.3) is 0 Å². The average Bonchev–Trinajstić information content (AvgIpc) is 2.59. The summed E-state index contributed by atoms with van der Waals surface area (Å²) >= 11 is 0. The number of halogens is 3. The van der Waals surface area contributed by atoms with E-state index in [1.165, 1.54) is 4.90 Å². The van der Waals surface area contributed by atoms with Crippen LogP contribution in [0.4, 0.5) is 13.2 Å². The summed E-state index contributed by atoms with van der Waals surface area (Å²) in [6, 6.07) is 3.65. The first-order chi connectivity index (χ1) is 11.7. The summed E-state index contributed by atoms with van der Waals surface area (Å²) in [6.07, 6.45) is -4.62. The van der Waals surface area contributed by atoms with Gasteiger partial charge in [0.1, 0.15) is 6.61 Å². The number of nitrogens with zero attached hydrogens (tertiary/aromatic N) is 2. The third kappa shape index (κ3) is 4.71. The van der Waals surface area contributed by atoms with Crippen molar-refractivity contribution in [3.63, 3.8) is 0 Å². The molecular formula is C15H19F3N2O4S. The van der Waals surface area contributed by atoms with Crippen LogP contribution in [0.3, 0.4) is 0 Å². The Labute approximate surface area is 144 Å². The zero-order chi connectivity index (χ0) is 18.7. The Balaban J connectivity index is 2.08. The van der Waals surface area contributed by atoms with Gasteiger partial charge in [0.05, 0.1) is 10.5 Å². The SMILES string of the molecule is CCOCC(=O)N1CCN(S(=O)(=O)c2cccc(C(F)(F)F)c2)CC1. The highest BCUT2D eigenvalue weighted by molar-refractivity contribution is 7.89. The van der Waals surface area contributed by atoms with E-state index in [9.17, 15) is 26.4 Å². The van der Waals surface area contributed by atoms with Crippen LogP contribution in [0.15, 0.2) is 29.2 Å². The van der Waals surface area contributed by atoms with Crippen LogP contribution in [0, 0.1) is 0 Å². The first-order valence-electron chi connectivity index (χ1n) is 7.69. The van der Waals surface area contributed by atoms with Gasteiger partial charge in [-0.1, -0.05) is 6.07 Å². The van der Waals surface area contributed by atoms with Crippen LogP contribution in [0.2, 0.25) is 0 Å². The van der Waals surface area contributed by atoms with E-state index in [0.29, 0.717) is 12.7 Å². The summed E-state index contributed by atoms with van der Waals surface area (Å²) in [5.74, 6) is -0.238. The monoisotopic (exact) mass is 380 g/mol. The van der Waals surface area contributed by atoms with Crippen LogP contribution in [-0.4, -0.2) is 62.9 Å². The van der Waals surface area contributed by atoms with E-state index >= 15 is 0 Å². The predicted octanol–water partition coefficient (Wildman–Crippen LogP) is 1.57. The lowest BCUT2D eigenvalue weighted by Gasteiger charge is -2.34. The number of sulfonamides is 1. The normalized spacial score (nSPS) is 16.9. The fraction of sp³-hybridized carbons (Fsp3) is 0.533. The van der Waals surface area contributed by atoms with E-state index in [-0.39, 0.29) is 38.7 Å². The number of hydrogen-bond acceptors (Lipinski definition) is 4. The summed E-state index contributed by atoms with van der Waals surface area (Å²) in [6.45, 7) is 2.47. The van der Waals surface area contributed by atoms with E-state index in [2.05, 4.69) is 0 Å². The molecule has 0 N–H and O–H groups in total. The summed E-state index contributed by atoms with van der Waals surface area (Å²) in [5.41, 5.74) is -1.01. The number of piperazine rings is 1. The minimum atomic E-state index is -4.62. The first-order valence-corrected chi connectivity index (χ1v) is 9.13. The number of carbonyl (C=O) groups excluding carboxylic acids is 1. The molecule has 0 unspecified atom stereocenters. The molecule has 1 aromatic rings. The Kier molecular flexibility index (Phi) is 6.07. The van der Waals surface area contributed by atoms with Gasteiger partial charge in [0.25, 0.3) is 0 Å². The van der Waals surface area contributed by atoms with Gasteiger partial charge in [-0.25, -0.2) is 8.42 Å². The lowest BCUT2D eigenvalue weighted by atomic mass is 10.2. The van der Waals surface area contributed by atoms with Crippen LogP contribution >= 0.6 is 0 Å². The second-order valence-corrected chi connectivity index (χ2v) is 7.39. The number of benzene rings is 1. The maximum absolute atomic E-state index is 12.8. The second-order valence-electron chi connectivity index (χ2n) is 5.45. The Hall–Kier alpha value is -1.65. The summed E-state index contributed by atoms with van der Waals surface area (Å²) in [4.78, 5) is 12.9. The predicted molar refractivity (Wildman–Crippen MR) is 83.3 cm³/mol. The van der Waals surface area contributed by atoms with Crippen LogP contribution in [0.5, 0.6) is 0 Å². The van der Waals surface area contributed by atoms with Crippen molar-refractivity contribution in [2.24, 2.45) is 0 Å². The Morgan fingerprint density at radius 3 is 2.40 bits per heavy atom. The molecule has 0 bridgehead atoms. The second kappa shape index (κ2) is 7.71. The minimum Gasteiger partial charge on any atom is -0.372 e. The third-order valence-corrected chi connectivity index (χ3v) is 5.71. The van der Waals surface area contributed by atoms with E-state index in [1.807, 2.05) is 0 Å². The van der Waals surface area contributed by atoms with Gasteiger partial charge in [-0.3, -0.25) is 4.79 Å². The Morgan fingerprint density at radius 1 is 1.20 bits per heavy atom. The first kappa shape index (κ1) is 19.7. The van der Waals surface area contributed by atoms with E-state index in [1.54, 1.807) is 6.92 Å². The van der Waals surface area contributed by atoms with Gasteiger partial charge in [0.2, 0.25) is 15.9 Å². The van der Waals surface area contributed by atoms with Gasteiger partial charge in [0, 0.05) is 32.8 Å². The van der Waals surface area contributed by atoms with Crippen molar-refractivity contribution in [1.29, 1.82) is 0 Å². The molecule has 1 fully saturated rings. The molecule has 0 saturated carbocycles. The van der Waals surface area contributed by atoms with Crippen molar-refractivity contribution in [3.05, 3.63) is 29.8 Å². The van der Waals surface area contributed by atoms with Crippen molar-refractivity contribution in [2.45, 2.75) is 18.0 Å². The van der Waals surface area contributed by atoms with E-state index < -0.39 is 26.7 Å². The minimum absolute atomic E-state index is 0.0242. The molecule has 1 aromatic carbocycles. The van der Waals surface area contributed by atoms with E-state index in [0.717, 1.165) is 22.5 Å². The molecule has 0 radical (unpaired) electrons. The number of amides is 1. The zero-order valence-corrected chi connectivity index (χ0v) is 14.4. The van der Waals surface area contributed by atoms with Gasteiger partial charge in [-0.15, -0.1) is 0 Å². The highest BCUT2D eigenvalue weighted by atomic mass is 32.2. The zero-order valence-electron chi connectivity index (χ0n) is 13.6. The van der Waals surface area contributed by atoms with Gasteiger partial charge >= 0.3 is 6.18 Å². The smallest absolute Gasteiger partial charge is 0.372 e. The molecule has 2 rings (SSSR count). The molecule has 1 heterocycles. The number of ether oxygens (including phenoxy) is 1. The fourth-order valence-corrected chi connectivity index (χ4v) is 3.91. The van der Waals surface area contributed by atoms with Crippen molar-refractivity contribution in [2.75, 3.05) is 39.4 Å². The fourth-order valence-electron chi connectivity index (χ4n) is 2.44. The maximum Gasteiger partial charge on any atom is 0.416 e. The van der Waals surface area contributed by atoms with Crippen LogP contribution in [0.1, 0.15) is 12.5 Å². The highest BCUT2D eigenvalue weighted by Gasteiger charge is 2.34. The van der Waals surface area contributed by atoms with Crippen LogP contribution < -0.4 is 0 Å². The number of alkyl halides is 3. The largest absolute Gasteiger partial charge is 0.416 e. The molecule has 25 heavy (non-hydrogen) atoms. The molecule has 1 aliphatic heterocycles.